The van der Waals surface area contributed by atoms with Crippen LogP contribution in [0.4, 0.5) is 0 Å². The Morgan fingerprint density at radius 3 is 2.45 bits per heavy atom. The standard InChI is InChI=1S/C16H24N4O2/c21-15(20-13-3-1-4-13)11-19-12-5-7-14(8-6-12)22-16-17-9-2-10-18-16/h2,9-10,12-14,19H,1,3-8,11H2,(H,20,21). The van der Waals surface area contributed by atoms with E-state index in [-0.39, 0.29) is 12.0 Å². The van der Waals surface area contributed by atoms with Crippen LogP contribution in [0.15, 0.2) is 18.5 Å². The molecule has 1 heterocycles. The van der Waals surface area contributed by atoms with Crippen LogP contribution in [-0.4, -0.2) is 40.6 Å². The molecule has 3 rings (SSSR count). The largest absolute Gasteiger partial charge is 0.460 e. The summed E-state index contributed by atoms with van der Waals surface area (Å²) in [7, 11) is 0. The molecule has 6 heteroatoms. The van der Waals surface area contributed by atoms with Crippen LogP contribution in [0.25, 0.3) is 0 Å². The highest BCUT2D eigenvalue weighted by Crippen LogP contribution is 2.22. The average Bonchev–Trinajstić information content (AvgIpc) is 2.51. The Kier molecular flexibility index (Phi) is 5.21. The molecule has 1 aromatic rings. The topological polar surface area (TPSA) is 76.1 Å². The molecule has 1 aromatic heterocycles. The van der Waals surface area contributed by atoms with E-state index in [0.717, 1.165) is 38.5 Å². The fraction of sp³-hybridized carbons (Fsp3) is 0.688. The third-order valence-electron chi connectivity index (χ3n) is 4.51. The first-order chi connectivity index (χ1) is 10.8. The zero-order valence-corrected chi connectivity index (χ0v) is 12.8. The highest BCUT2D eigenvalue weighted by molar-refractivity contribution is 5.78. The lowest BCUT2D eigenvalue weighted by molar-refractivity contribution is -0.121. The van der Waals surface area contributed by atoms with Gasteiger partial charge in [0.1, 0.15) is 6.10 Å². The molecule has 22 heavy (non-hydrogen) atoms. The third kappa shape index (κ3) is 4.40. The van der Waals surface area contributed by atoms with E-state index in [0.29, 0.717) is 24.6 Å². The summed E-state index contributed by atoms with van der Waals surface area (Å²) in [6.45, 7) is 0.425. The van der Waals surface area contributed by atoms with Crippen molar-refractivity contribution < 1.29 is 9.53 Å². The summed E-state index contributed by atoms with van der Waals surface area (Å²) < 4.78 is 5.77. The van der Waals surface area contributed by atoms with Crippen LogP contribution in [0, 0.1) is 0 Å². The summed E-state index contributed by atoms with van der Waals surface area (Å²) in [6.07, 6.45) is 11.1. The first-order valence-corrected chi connectivity index (χ1v) is 8.26. The van der Waals surface area contributed by atoms with Crippen LogP contribution in [0.2, 0.25) is 0 Å². The number of amides is 1. The number of nitrogens with one attached hydrogen (secondary N) is 2. The SMILES string of the molecule is O=C(CNC1CCC(Oc2ncccn2)CC1)NC1CCC1. The van der Waals surface area contributed by atoms with Crippen molar-refractivity contribution in [3.63, 3.8) is 0 Å². The van der Waals surface area contributed by atoms with Gasteiger partial charge in [0, 0.05) is 24.5 Å². The van der Waals surface area contributed by atoms with Crippen LogP contribution in [0.5, 0.6) is 6.01 Å². The Labute approximate surface area is 131 Å². The molecule has 0 atom stereocenters. The normalized spacial score (nSPS) is 25.3. The van der Waals surface area contributed by atoms with Crippen molar-refractivity contribution in [1.82, 2.24) is 20.6 Å². The van der Waals surface area contributed by atoms with Gasteiger partial charge in [0.2, 0.25) is 5.91 Å². The van der Waals surface area contributed by atoms with Crippen molar-refractivity contribution in [3.8, 4) is 6.01 Å². The van der Waals surface area contributed by atoms with E-state index in [1.54, 1.807) is 18.5 Å². The van der Waals surface area contributed by atoms with E-state index in [1.807, 2.05) is 0 Å². The maximum Gasteiger partial charge on any atom is 0.316 e. The summed E-state index contributed by atoms with van der Waals surface area (Å²) in [5.74, 6) is 0.126. The molecule has 0 aliphatic heterocycles. The molecule has 1 amide bonds. The van der Waals surface area contributed by atoms with Crippen LogP contribution >= 0.6 is 0 Å². The zero-order valence-electron chi connectivity index (χ0n) is 12.8. The second kappa shape index (κ2) is 7.54. The Balaban J connectivity index is 1.32. The number of hydrogen-bond donors (Lipinski definition) is 2. The lowest BCUT2D eigenvalue weighted by Gasteiger charge is -2.30. The molecular formula is C16H24N4O2. The monoisotopic (exact) mass is 304 g/mol. The Hall–Kier alpha value is -1.69. The summed E-state index contributed by atoms with van der Waals surface area (Å²) >= 11 is 0. The number of carbonyl (C=O) groups is 1. The van der Waals surface area contributed by atoms with E-state index in [1.165, 1.54) is 6.42 Å². The Morgan fingerprint density at radius 1 is 1.09 bits per heavy atom. The first kappa shape index (κ1) is 15.2. The highest BCUT2D eigenvalue weighted by atomic mass is 16.5. The third-order valence-corrected chi connectivity index (χ3v) is 4.51. The van der Waals surface area contributed by atoms with Gasteiger partial charge in [-0.15, -0.1) is 0 Å². The predicted molar refractivity (Wildman–Crippen MR) is 82.5 cm³/mol. The van der Waals surface area contributed by atoms with E-state index in [2.05, 4.69) is 20.6 Å². The molecule has 0 unspecified atom stereocenters. The van der Waals surface area contributed by atoms with E-state index < -0.39 is 0 Å². The minimum atomic E-state index is 0.126. The van der Waals surface area contributed by atoms with Gasteiger partial charge in [0.25, 0.3) is 0 Å². The average molecular weight is 304 g/mol. The molecule has 6 nitrogen and oxygen atoms in total. The molecule has 2 N–H and O–H groups in total. The fourth-order valence-corrected chi connectivity index (χ4v) is 2.95. The van der Waals surface area contributed by atoms with Gasteiger partial charge in [0.05, 0.1) is 6.54 Å². The maximum atomic E-state index is 11.8. The summed E-state index contributed by atoms with van der Waals surface area (Å²) in [4.78, 5) is 20.0. The van der Waals surface area contributed by atoms with Gasteiger partial charge < -0.3 is 15.4 Å². The lowest BCUT2D eigenvalue weighted by Crippen LogP contribution is -2.46. The molecule has 2 aliphatic rings. The first-order valence-electron chi connectivity index (χ1n) is 8.26. The summed E-state index contributed by atoms with van der Waals surface area (Å²) in [5.41, 5.74) is 0. The van der Waals surface area contributed by atoms with Gasteiger partial charge >= 0.3 is 6.01 Å². The fourth-order valence-electron chi connectivity index (χ4n) is 2.95. The van der Waals surface area contributed by atoms with E-state index >= 15 is 0 Å². The number of carbonyl (C=O) groups excluding carboxylic acids is 1. The highest BCUT2D eigenvalue weighted by Gasteiger charge is 2.24. The van der Waals surface area contributed by atoms with Crippen LogP contribution in [0.3, 0.4) is 0 Å². The molecule has 2 fully saturated rings. The van der Waals surface area contributed by atoms with Gasteiger partial charge in [0.15, 0.2) is 0 Å². The molecular weight excluding hydrogens is 280 g/mol. The van der Waals surface area contributed by atoms with Crippen molar-refractivity contribution in [2.45, 2.75) is 63.1 Å². The molecule has 0 aromatic carbocycles. The number of ether oxygens (including phenoxy) is 1. The van der Waals surface area contributed by atoms with Crippen molar-refractivity contribution in [1.29, 1.82) is 0 Å². The van der Waals surface area contributed by atoms with Crippen LogP contribution < -0.4 is 15.4 Å². The van der Waals surface area contributed by atoms with Gasteiger partial charge in [-0.2, -0.15) is 0 Å². The second-order valence-electron chi connectivity index (χ2n) is 6.20. The smallest absolute Gasteiger partial charge is 0.316 e. The molecule has 0 bridgehead atoms. The summed E-state index contributed by atoms with van der Waals surface area (Å²) in [6, 6.07) is 3.06. The van der Waals surface area contributed by atoms with E-state index in [9.17, 15) is 4.79 Å². The zero-order chi connectivity index (χ0) is 15.2. The van der Waals surface area contributed by atoms with E-state index in [4.69, 9.17) is 4.74 Å². The van der Waals surface area contributed by atoms with Crippen LogP contribution in [0.1, 0.15) is 44.9 Å². The molecule has 2 saturated carbocycles. The Morgan fingerprint density at radius 2 is 1.82 bits per heavy atom. The van der Waals surface area contributed by atoms with Crippen molar-refractivity contribution in [2.75, 3.05) is 6.54 Å². The van der Waals surface area contributed by atoms with Gasteiger partial charge in [-0.25, -0.2) is 9.97 Å². The maximum absolute atomic E-state index is 11.8. The molecule has 0 saturated heterocycles. The van der Waals surface area contributed by atoms with Gasteiger partial charge in [-0.05, 0) is 51.0 Å². The number of rotatable bonds is 6. The second-order valence-corrected chi connectivity index (χ2v) is 6.20. The molecule has 0 radical (unpaired) electrons. The molecule has 0 spiro atoms. The number of aromatic nitrogens is 2. The minimum absolute atomic E-state index is 0.126. The van der Waals surface area contributed by atoms with Gasteiger partial charge in [-0.3, -0.25) is 4.79 Å². The quantitative estimate of drug-likeness (QED) is 0.831. The minimum Gasteiger partial charge on any atom is -0.460 e. The number of nitrogens with zero attached hydrogens (tertiary/aromatic N) is 2. The van der Waals surface area contributed by atoms with Crippen molar-refractivity contribution >= 4 is 5.91 Å². The van der Waals surface area contributed by atoms with Crippen LogP contribution in [-0.2, 0) is 4.79 Å². The van der Waals surface area contributed by atoms with Crippen molar-refractivity contribution in [3.05, 3.63) is 18.5 Å². The lowest BCUT2D eigenvalue weighted by atomic mass is 9.92. The predicted octanol–water partition coefficient (Wildman–Crippen LogP) is 1.42. The molecule has 2 aliphatic carbocycles. The Bertz CT molecular complexity index is 470. The van der Waals surface area contributed by atoms with Gasteiger partial charge in [-0.1, -0.05) is 0 Å². The summed E-state index contributed by atoms with van der Waals surface area (Å²) in [5, 5.41) is 6.42. The number of hydrogen-bond acceptors (Lipinski definition) is 5. The van der Waals surface area contributed by atoms with Crippen molar-refractivity contribution in [2.24, 2.45) is 0 Å². The molecule has 120 valence electrons.